The summed E-state index contributed by atoms with van der Waals surface area (Å²) in [5.41, 5.74) is 0. The Labute approximate surface area is 88.9 Å². The molecule has 0 saturated carbocycles. The number of carbonyl (C=O) groups is 1. The minimum absolute atomic E-state index is 0.0524. The topological polar surface area (TPSA) is 49.3 Å². The maximum Gasteiger partial charge on any atom is 0.225 e. The lowest BCUT2D eigenvalue weighted by molar-refractivity contribution is -0.116. The summed E-state index contributed by atoms with van der Waals surface area (Å²) in [6, 6.07) is 3.72. The molecule has 1 rings (SSSR count). The van der Waals surface area contributed by atoms with Crippen molar-refractivity contribution in [2.75, 3.05) is 11.9 Å². The fourth-order valence-corrected chi connectivity index (χ4v) is 2.12. The maximum absolute atomic E-state index is 11.1. The normalized spacial score (nSPS) is 10.0. The first-order valence-electron chi connectivity index (χ1n) is 3.88. The van der Waals surface area contributed by atoms with E-state index in [4.69, 9.17) is 5.11 Å². The third-order valence-corrected chi connectivity index (χ3v) is 2.94. The third-order valence-electron chi connectivity index (χ3n) is 1.40. The molecular formula is C8H10BrNO2S. The molecule has 0 aliphatic rings. The number of rotatable bonds is 4. The van der Waals surface area contributed by atoms with E-state index in [1.165, 1.54) is 11.3 Å². The van der Waals surface area contributed by atoms with Gasteiger partial charge in [0.25, 0.3) is 0 Å². The molecule has 0 unspecified atom stereocenters. The van der Waals surface area contributed by atoms with Crippen LogP contribution >= 0.6 is 27.3 Å². The number of anilines is 1. The molecular weight excluding hydrogens is 254 g/mol. The Morgan fingerprint density at radius 3 is 2.92 bits per heavy atom. The molecule has 3 nitrogen and oxygen atoms in total. The second kappa shape index (κ2) is 5.36. The van der Waals surface area contributed by atoms with Gasteiger partial charge in [-0.2, -0.15) is 0 Å². The van der Waals surface area contributed by atoms with Gasteiger partial charge in [-0.15, -0.1) is 11.3 Å². The van der Waals surface area contributed by atoms with Gasteiger partial charge >= 0.3 is 0 Å². The zero-order chi connectivity index (χ0) is 9.68. The summed E-state index contributed by atoms with van der Waals surface area (Å²) < 4.78 is 0.991. The zero-order valence-electron chi connectivity index (χ0n) is 6.92. The van der Waals surface area contributed by atoms with Crippen molar-refractivity contribution in [1.82, 2.24) is 0 Å². The van der Waals surface area contributed by atoms with Crippen LogP contribution in [0.1, 0.15) is 12.8 Å². The molecule has 0 aliphatic heterocycles. The number of carbonyl (C=O) groups excluding carboxylic acids is 1. The molecule has 0 spiro atoms. The van der Waals surface area contributed by atoms with Gasteiger partial charge in [-0.25, -0.2) is 0 Å². The second-order valence-electron chi connectivity index (χ2n) is 2.48. The van der Waals surface area contributed by atoms with Gasteiger partial charge < -0.3 is 10.4 Å². The Kier molecular flexibility index (Phi) is 4.41. The lowest BCUT2D eigenvalue weighted by atomic mass is 10.3. The summed E-state index contributed by atoms with van der Waals surface area (Å²) in [5, 5.41) is 12.1. The van der Waals surface area contributed by atoms with Crippen molar-refractivity contribution < 1.29 is 9.90 Å². The van der Waals surface area contributed by atoms with E-state index >= 15 is 0 Å². The van der Waals surface area contributed by atoms with Crippen LogP contribution in [-0.4, -0.2) is 17.6 Å². The predicted octanol–water partition coefficient (Wildman–Crippen LogP) is 2.22. The molecule has 5 heteroatoms. The first kappa shape index (κ1) is 10.7. The average molecular weight is 264 g/mol. The van der Waals surface area contributed by atoms with Crippen molar-refractivity contribution in [3.63, 3.8) is 0 Å². The Morgan fingerprint density at radius 2 is 2.38 bits per heavy atom. The van der Waals surface area contributed by atoms with Crippen LogP contribution in [0, 0.1) is 0 Å². The number of aliphatic hydroxyl groups is 1. The van der Waals surface area contributed by atoms with Crippen LogP contribution in [0.15, 0.2) is 15.9 Å². The highest BCUT2D eigenvalue weighted by atomic mass is 79.9. The summed E-state index contributed by atoms with van der Waals surface area (Å²) in [6.07, 6.45) is 0.879. The second-order valence-corrected chi connectivity index (χ2v) is 4.94. The zero-order valence-corrected chi connectivity index (χ0v) is 9.32. The van der Waals surface area contributed by atoms with Gasteiger partial charge in [0, 0.05) is 13.0 Å². The largest absolute Gasteiger partial charge is 0.396 e. The van der Waals surface area contributed by atoms with Gasteiger partial charge in [0.2, 0.25) is 5.91 Å². The van der Waals surface area contributed by atoms with E-state index in [1.807, 2.05) is 12.1 Å². The molecule has 0 saturated heterocycles. The number of hydrogen-bond donors (Lipinski definition) is 2. The highest BCUT2D eigenvalue weighted by Gasteiger charge is 2.03. The van der Waals surface area contributed by atoms with Crippen molar-refractivity contribution in [2.45, 2.75) is 12.8 Å². The molecule has 1 aromatic rings. The fraction of sp³-hybridized carbons (Fsp3) is 0.375. The quantitative estimate of drug-likeness (QED) is 0.876. The van der Waals surface area contributed by atoms with Gasteiger partial charge in [-0.05, 0) is 34.5 Å². The van der Waals surface area contributed by atoms with Gasteiger partial charge in [0.1, 0.15) is 0 Å². The molecule has 2 N–H and O–H groups in total. The van der Waals surface area contributed by atoms with E-state index < -0.39 is 0 Å². The van der Waals surface area contributed by atoms with Crippen LogP contribution in [0.25, 0.3) is 0 Å². The molecule has 0 atom stereocenters. The molecule has 13 heavy (non-hydrogen) atoms. The van der Waals surface area contributed by atoms with Crippen molar-refractivity contribution in [1.29, 1.82) is 0 Å². The van der Waals surface area contributed by atoms with Crippen LogP contribution in [-0.2, 0) is 4.79 Å². The first-order chi connectivity index (χ1) is 6.22. The van der Waals surface area contributed by atoms with E-state index in [0.29, 0.717) is 12.8 Å². The average Bonchev–Trinajstić information content (AvgIpc) is 2.48. The lowest BCUT2D eigenvalue weighted by Gasteiger charge is -1.99. The Balaban J connectivity index is 2.36. The Bertz CT molecular complexity index is 287. The van der Waals surface area contributed by atoms with Crippen molar-refractivity contribution in [3.05, 3.63) is 15.9 Å². The summed E-state index contributed by atoms with van der Waals surface area (Å²) in [5.74, 6) is -0.0524. The van der Waals surface area contributed by atoms with Crippen molar-refractivity contribution >= 4 is 38.2 Å². The van der Waals surface area contributed by atoms with Gasteiger partial charge in [-0.1, -0.05) is 0 Å². The van der Waals surface area contributed by atoms with E-state index in [9.17, 15) is 4.79 Å². The Morgan fingerprint density at radius 1 is 1.62 bits per heavy atom. The number of amides is 1. The van der Waals surface area contributed by atoms with E-state index in [1.54, 1.807) is 0 Å². The molecule has 1 aromatic heterocycles. The smallest absolute Gasteiger partial charge is 0.225 e. The van der Waals surface area contributed by atoms with Crippen LogP contribution in [0.3, 0.4) is 0 Å². The highest BCUT2D eigenvalue weighted by Crippen LogP contribution is 2.26. The maximum atomic E-state index is 11.1. The fourth-order valence-electron chi connectivity index (χ4n) is 0.821. The molecule has 1 amide bonds. The van der Waals surface area contributed by atoms with Crippen LogP contribution in [0.4, 0.5) is 5.00 Å². The van der Waals surface area contributed by atoms with E-state index in [0.717, 1.165) is 8.79 Å². The number of aliphatic hydroxyl groups excluding tert-OH is 1. The molecule has 72 valence electrons. The molecule has 0 fully saturated rings. The van der Waals surface area contributed by atoms with E-state index in [-0.39, 0.29) is 12.5 Å². The summed E-state index contributed by atoms with van der Waals surface area (Å²) in [6.45, 7) is 0.0571. The standard InChI is InChI=1S/C8H10BrNO2S/c9-6-3-4-8(13-6)10-7(12)2-1-5-11/h3-4,11H,1-2,5H2,(H,10,12). The lowest BCUT2D eigenvalue weighted by Crippen LogP contribution is -2.10. The van der Waals surface area contributed by atoms with Gasteiger partial charge in [-0.3, -0.25) is 4.79 Å². The minimum Gasteiger partial charge on any atom is -0.396 e. The predicted molar refractivity (Wildman–Crippen MR) is 57.0 cm³/mol. The summed E-state index contributed by atoms with van der Waals surface area (Å²) in [4.78, 5) is 11.1. The van der Waals surface area contributed by atoms with Crippen molar-refractivity contribution in [3.8, 4) is 0 Å². The SMILES string of the molecule is O=C(CCCO)Nc1ccc(Br)s1. The first-order valence-corrected chi connectivity index (χ1v) is 5.49. The van der Waals surface area contributed by atoms with Crippen molar-refractivity contribution in [2.24, 2.45) is 0 Å². The minimum atomic E-state index is -0.0524. The molecule has 1 heterocycles. The van der Waals surface area contributed by atoms with Gasteiger partial charge in [0.15, 0.2) is 0 Å². The summed E-state index contributed by atoms with van der Waals surface area (Å²) >= 11 is 4.77. The Hall–Kier alpha value is -0.390. The molecule has 0 aliphatic carbocycles. The van der Waals surface area contributed by atoms with E-state index in [2.05, 4.69) is 21.2 Å². The van der Waals surface area contributed by atoms with Crippen LogP contribution in [0.2, 0.25) is 0 Å². The number of halogens is 1. The molecule has 0 radical (unpaired) electrons. The van der Waals surface area contributed by atoms with Crippen LogP contribution < -0.4 is 5.32 Å². The number of thiophene rings is 1. The third kappa shape index (κ3) is 3.89. The summed E-state index contributed by atoms with van der Waals surface area (Å²) in [7, 11) is 0. The highest BCUT2D eigenvalue weighted by molar-refractivity contribution is 9.11. The molecule has 0 bridgehead atoms. The van der Waals surface area contributed by atoms with Crippen LogP contribution in [0.5, 0.6) is 0 Å². The number of hydrogen-bond acceptors (Lipinski definition) is 3. The number of nitrogens with one attached hydrogen (secondary N) is 1. The van der Waals surface area contributed by atoms with Gasteiger partial charge in [0.05, 0.1) is 8.79 Å². The molecule has 0 aromatic carbocycles. The monoisotopic (exact) mass is 263 g/mol.